The highest BCUT2D eigenvalue weighted by molar-refractivity contribution is 7.89. The van der Waals surface area contributed by atoms with E-state index < -0.39 is 10.0 Å². The Labute approximate surface area is 117 Å². The molecule has 0 radical (unpaired) electrons. The number of hydrogen-bond donors (Lipinski definition) is 2. The largest absolute Gasteiger partial charge is 0.390 e. The lowest BCUT2D eigenvalue weighted by Crippen LogP contribution is -2.22. The Bertz CT molecular complexity index is 666. The van der Waals surface area contributed by atoms with Gasteiger partial charge >= 0.3 is 0 Å². The molecule has 2 rings (SSSR count). The normalized spacial score (nSPS) is 11.9. The molecule has 0 spiro atoms. The van der Waals surface area contributed by atoms with E-state index in [9.17, 15) is 13.5 Å². The summed E-state index contributed by atoms with van der Waals surface area (Å²) in [6.07, 6.45) is 4.88. The summed E-state index contributed by atoms with van der Waals surface area (Å²) in [5.74, 6) is 0. The van der Waals surface area contributed by atoms with Crippen molar-refractivity contribution in [2.45, 2.75) is 31.5 Å². The van der Waals surface area contributed by atoms with Crippen molar-refractivity contribution in [2.75, 3.05) is 0 Å². The molecule has 0 amide bonds. The molecule has 0 saturated heterocycles. The molecule has 0 atom stereocenters. The van der Waals surface area contributed by atoms with Crippen LogP contribution < -0.4 is 4.72 Å². The Hall–Kier alpha value is -1.64. The average molecular weight is 298 g/mol. The summed E-state index contributed by atoms with van der Waals surface area (Å²) in [6, 6.07) is 1.48. The second-order valence-corrected chi connectivity index (χ2v) is 6.23. The number of aliphatic hydroxyl groups excluding tert-OH is 1. The predicted octanol–water partition coefficient (Wildman–Crippen LogP) is 0.212. The maximum absolute atomic E-state index is 12.2. The smallest absolute Gasteiger partial charge is 0.242 e. The minimum absolute atomic E-state index is 0.160. The summed E-state index contributed by atoms with van der Waals surface area (Å²) in [6.45, 7) is 2.49. The number of nitrogens with one attached hydrogen (secondary N) is 1. The lowest BCUT2D eigenvalue weighted by atomic mass is 10.4. The second-order valence-electron chi connectivity index (χ2n) is 4.46. The standard InChI is InChI=1S/C12H18N4O3S/c1-3-16-8-12(4-11(16)9-17)20(18,19)14-6-10-5-13-15(2)7-10/h4-5,7-8,14,17H,3,6,9H2,1-2H3. The molecule has 20 heavy (non-hydrogen) atoms. The lowest BCUT2D eigenvalue weighted by Gasteiger charge is -2.03. The number of rotatable bonds is 6. The molecule has 2 aromatic rings. The molecule has 110 valence electrons. The Morgan fingerprint density at radius 1 is 1.40 bits per heavy atom. The van der Waals surface area contributed by atoms with Gasteiger partial charge in [-0.25, -0.2) is 13.1 Å². The summed E-state index contributed by atoms with van der Waals surface area (Å²) in [4.78, 5) is 0.160. The Morgan fingerprint density at radius 3 is 2.65 bits per heavy atom. The van der Waals surface area contributed by atoms with Crippen molar-refractivity contribution in [1.82, 2.24) is 19.1 Å². The molecule has 0 aliphatic carbocycles. The van der Waals surface area contributed by atoms with Gasteiger partial charge in [0.05, 0.1) is 17.7 Å². The van der Waals surface area contributed by atoms with Gasteiger partial charge in [0.2, 0.25) is 10.0 Å². The molecule has 2 aromatic heterocycles. The van der Waals surface area contributed by atoms with Gasteiger partial charge in [-0.1, -0.05) is 0 Å². The van der Waals surface area contributed by atoms with E-state index in [1.165, 1.54) is 12.3 Å². The monoisotopic (exact) mass is 298 g/mol. The van der Waals surface area contributed by atoms with E-state index in [0.29, 0.717) is 12.2 Å². The second kappa shape index (κ2) is 5.78. The molecular formula is C12H18N4O3S. The average Bonchev–Trinajstić information content (AvgIpc) is 3.02. The maximum atomic E-state index is 12.2. The third-order valence-electron chi connectivity index (χ3n) is 3.00. The van der Waals surface area contributed by atoms with Gasteiger partial charge in [0.1, 0.15) is 0 Å². The van der Waals surface area contributed by atoms with Gasteiger partial charge in [0.25, 0.3) is 0 Å². The van der Waals surface area contributed by atoms with Gasteiger partial charge in [-0.15, -0.1) is 0 Å². The first-order valence-electron chi connectivity index (χ1n) is 6.23. The highest BCUT2D eigenvalue weighted by Gasteiger charge is 2.17. The van der Waals surface area contributed by atoms with Gasteiger partial charge < -0.3 is 9.67 Å². The number of aryl methyl sites for hydroxylation is 2. The summed E-state index contributed by atoms with van der Waals surface area (Å²) < 4.78 is 30.2. The van der Waals surface area contributed by atoms with Crippen LogP contribution in [-0.4, -0.2) is 27.9 Å². The summed E-state index contributed by atoms with van der Waals surface area (Å²) in [5, 5.41) is 13.2. The van der Waals surface area contributed by atoms with Crippen LogP contribution >= 0.6 is 0 Å². The third kappa shape index (κ3) is 3.09. The molecular weight excluding hydrogens is 280 g/mol. The molecule has 2 N–H and O–H groups in total. The molecule has 0 fully saturated rings. The molecule has 0 aliphatic rings. The topological polar surface area (TPSA) is 89.2 Å². The van der Waals surface area contributed by atoms with Crippen LogP contribution in [0.25, 0.3) is 0 Å². The van der Waals surface area contributed by atoms with Gasteiger partial charge in [0, 0.05) is 43.8 Å². The molecule has 0 aliphatic heterocycles. The Kier molecular flexibility index (Phi) is 4.26. The van der Waals surface area contributed by atoms with E-state index in [4.69, 9.17) is 0 Å². The van der Waals surface area contributed by atoms with Crippen LogP contribution in [0.3, 0.4) is 0 Å². The zero-order valence-electron chi connectivity index (χ0n) is 11.4. The van der Waals surface area contributed by atoms with Crippen molar-refractivity contribution >= 4 is 10.0 Å². The first kappa shape index (κ1) is 14.8. The molecule has 0 saturated carbocycles. The van der Waals surface area contributed by atoms with E-state index >= 15 is 0 Å². The van der Waals surface area contributed by atoms with E-state index in [0.717, 1.165) is 5.56 Å². The summed E-state index contributed by atoms with van der Waals surface area (Å²) >= 11 is 0. The van der Waals surface area contributed by atoms with Crippen LogP contribution in [-0.2, 0) is 36.8 Å². The van der Waals surface area contributed by atoms with E-state index in [1.54, 1.807) is 28.7 Å². The number of sulfonamides is 1. The van der Waals surface area contributed by atoms with Gasteiger partial charge in [-0.2, -0.15) is 5.10 Å². The predicted molar refractivity (Wildman–Crippen MR) is 73.3 cm³/mol. The van der Waals surface area contributed by atoms with Crippen molar-refractivity contribution in [3.05, 3.63) is 35.9 Å². The van der Waals surface area contributed by atoms with Crippen molar-refractivity contribution in [3.8, 4) is 0 Å². The zero-order chi connectivity index (χ0) is 14.8. The summed E-state index contributed by atoms with van der Waals surface area (Å²) in [5.41, 5.74) is 1.36. The van der Waals surface area contributed by atoms with Gasteiger partial charge in [-0.3, -0.25) is 4.68 Å². The first-order valence-corrected chi connectivity index (χ1v) is 7.71. The number of aromatic nitrogens is 3. The minimum Gasteiger partial charge on any atom is -0.390 e. The molecule has 8 heteroatoms. The van der Waals surface area contributed by atoms with Crippen LogP contribution in [0, 0.1) is 0 Å². The fourth-order valence-electron chi connectivity index (χ4n) is 1.92. The number of nitrogens with zero attached hydrogens (tertiary/aromatic N) is 3. The fraction of sp³-hybridized carbons (Fsp3) is 0.417. The van der Waals surface area contributed by atoms with Crippen molar-refractivity contribution in [2.24, 2.45) is 7.05 Å². The van der Waals surface area contributed by atoms with Crippen molar-refractivity contribution in [3.63, 3.8) is 0 Å². The third-order valence-corrected chi connectivity index (χ3v) is 4.37. The zero-order valence-corrected chi connectivity index (χ0v) is 12.3. The van der Waals surface area contributed by atoms with Crippen molar-refractivity contribution < 1.29 is 13.5 Å². The van der Waals surface area contributed by atoms with Crippen LogP contribution in [0.4, 0.5) is 0 Å². The Balaban J connectivity index is 2.15. The lowest BCUT2D eigenvalue weighted by molar-refractivity contribution is 0.271. The fourth-order valence-corrected chi connectivity index (χ4v) is 3.00. The maximum Gasteiger partial charge on any atom is 0.242 e. The molecule has 2 heterocycles. The van der Waals surface area contributed by atoms with Crippen LogP contribution in [0.15, 0.2) is 29.6 Å². The first-order chi connectivity index (χ1) is 9.46. The van der Waals surface area contributed by atoms with Crippen molar-refractivity contribution in [1.29, 1.82) is 0 Å². The minimum atomic E-state index is -3.59. The quantitative estimate of drug-likeness (QED) is 0.798. The number of hydrogen-bond acceptors (Lipinski definition) is 4. The molecule has 7 nitrogen and oxygen atoms in total. The van der Waals surface area contributed by atoms with Crippen LogP contribution in [0.5, 0.6) is 0 Å². The molecule has 0 unspecified atom stereocenters. The van der Waals surface area contributed by atoms with Gasteiger partial charge in [-0.05, 0) is 13.0 Å². The highest BCUT2D eigenvalue weighted by Crippen LogP contribution is 2.15. The van der Waals surface area contributed by atoms with Crippen LogP contribution in [0.1, 0.15) is 18.2 Å². The van der Waals surface area contributed by atoms with E-state index in [2.05, 4.69) is 9.82 Å². The number of aliphatic hydroxyl groups is 1. The molecule has 0 bridgehead atoms. The van der Waals surface area contributed by atoms with E-state index in [1.807, 2.05) is 6.92 Å². The highest BCUT2D eigenvalue weighted by atomic mass is 32.2. The SMILES string of the molecule is CCn1cc(S(=O)(=O)NCc2cnn(C)c2)cc1CO. The van der Waals surface area contributed by atoms with Crippen LogP contribution in [0.2, 0.25) is 0 Å². The van der Waals surface area contributed by atoms with E-state index in [-0.39, 0.29) is 18.0 Å². The summed E-state index contributed by atoms with van der Waals surface area (Å²) in [7, 11) is -1.82. The Morgan fingerprint density at radius 2 is 2.15 bits per heavy atom. The molecule has 0 aromatic carbocycles. The van der Waals surface area contributed by atoms with Gasteiger partial charge in [0.15, 0.2) is 0 Å².